The fraction of sp³-hybridized carbons (Fsp3) is 0.412. The Morgan fingerprint density at radius 3 is 2.29 bits per heavy atom. The van der Waals surface area contributed by atoms with Gasteiger partial charge in [0.15, 0.2) is 11.5 Å². The molecule has 0 N–H and O–H groups in total. The number of carbonyl (C=O) groups excluding carboxylic acids is 2. The van der Waals surface area contributed by atoms with Gasteiger partial charge in [-0.05, 0) is 18.2 Å². The van der Waals surface area contributed by atoms with Crippen molar-refractivity contribution in [2.75, 3.05) is 47.0 Å². The van der Waals surface area contributed by atoms with Gasteiger partial charge >= 0.3 is 6.09 Å². The first-order valence-corrected chi connectivity index (χ1v) is 7.64. The van der Waals surface area contributed by atoms with Crippen molar-refractivity contribution in [2.45, 2.75) is 0 Å². The van der Waals surface area contributed by atoms with Crippen molar-refractivity contribution >= 4 is 12.0 Å². The van der Waals surface area contributed by atoms with Gasteiger partial charge in [-0.15, -0.1) is 0 Å². The van der Waals surface area contributed by atoms with Crippen molar-refractivity contribution in [3.05, 3.63) is 36.4 Å². The Bertz CT molecular complexity index is 609. The minimum atomic E-state index is -0.381. The smallest absolute Gasteiger partial charge is 0.410 e. The van der Waals surface area contributed by atoms with E-state index in [-0.39, 0.29) is 18.6 Å². The van der Waals surface area contributed by atoms with Crippen LogP contribution in [0, 0.1) is 0 Å². The molecule has 0 saturated carbocycles. The van der Waals surface area contributed by atoms with Crippen LogP contribution < -0.4 is 9.47 Å². The molecule has 1 aromatic carbocycles. The summed E-state index contributed by atoms with van der Waals surface area (Å²) in [5, 5.41) is 0. The van der Waals surface area contributed by atoms with Gasteiger partial charge in [-0.25, -0.2) is 4.79 Å². The highest BCUT2D eigenvalue weighted by molar-refractivity contribution is 5.95. The molecule has 7 heteroatoms. The first-order chi connectivity index (χ1) is 11.6. The molecule has 130 valence electrons. The van der Waals surface area contributed by atoms with Gasteiger partial charge in [0.05, 0.1) is 14.2 Å². The summed E-state index contributed by atoms with van der Waals surface area (Å²) in [7, 11) is 3.07. The molecule has 1 aliphatic rings. The lowest BCUT2D eigenvalue weighted by Crippen LogP contribution is -2.50. The average Bonchev–Trinajstić information content (AvgIpc) is 2.64. The van der Waals surface area contributed by atoms with Crippen LogP contribution in [-0.4, -0.2) is 68.8 Å². The molecular weight excluding hydrogens is 312 g/mol. The summed E-state index contributed by atoms with van der Waals surface area (Å²) in [6.45, 7) is 5.48. The largest absolute Gasteiger partial charge is 0.493 e. The van der Waals surface area contributed by atoms with Crippen LogP contribution in [0.3, 0.4) is 0 Å². The molecule has 1 aliphatic heterocycles. The summed E-state index contributed by atoms with van der Waals surface area (Å²) >= 11 is 0. The molecule has 0 unspecified atom stereocenters. The van der Waals surface area contributed by atoms with Crippen LogP contribution in [0.1, 0.15) is 10.4 Å². The number of carbonyl (C=O) groups is 2. The number of piperazine rings is 1. The Kier molecular flexibility index (Phi) is 6.06. The summed E-state index contributed by atoms with van der Waals surface area (Å²) in [5.74, 6) is 0.980. The lowest BCUT2D eigenvalue weighted by Gasteiger charge is -2.34. The van der Waals surface area contributed by atoms with Gasteiger partial charge in [0.2, 0.25) is 0 Å². The first kappa shape index (κ1) is 17.7. The van der Waals surface area contributed by atoms with Crippen LogP contribution in [0.5, 0.6) is 11.5 Å². The minimum Gasteiger partial charge on any atom is -0.493 e. The SMILES string of the molecule is C=CCOC(=O)N1CCN(C(=O)c2ccc(OC)c(OC)c2)CC1. The lowest BCUT2D eigenvalue weighted by atomic mass is 10.1. The average molecular weight is 334 g/mol. The van der Waals surface area contributed by atoms with E-state index in [1.165, 1.54) is 13.2 Å². The Balaban J connectivity index is 1.97. The predicted molar refractivity (Wildman–Crippen MR) is 88.6 cm³/mol. The molecule has 2 rings (SSSR count). The van der Waals surface area contributed by atoms with Crippen molar-refractivity contribution in [3.8, 4) is 11.5 Å². The van der Waals surface area contributed by atoms with Gasteiger partial charge in [-0.3, -0.25) is 4.79 Å². The van der Waals surface area contributed by atoms with Gasteiger partial charge in [0.1, 0.15) is 6.61 Å². The summed E-state index contributed by atoms with van der Waals surface area (Å²) in [6.07, 6.45) is 1.14. The minimum absolute atomic E-state index is 0.102. The van der Waals surface area contributed by atoms with E-state index in [0.29, 0.717) is 43.2 Å². The summed E-state index contributed by atoms with van der Waals surface area (Å²) in [4.78, 5) is 27.7. The molecule has 1 fully saturated rings. The van der Waals surface area contributed by atoms with Gasteiger partial charge in [0.25, 0.3) is 5.91 Å². The normalized spacial score (nSPS) is 14.1. The van der Waals surface area contributed by atoms with Crippen LogP contribution in [-0.2, 0) is 4.74 Å². The van der Waals surface area contributed by atoms with Crippen molar-refractivity contribution in [1.82, 2.24) is 9.80 Å². The van der Waals surface area contributed by atoms with E-state index < -0.39 is 0 Å². The number of benzene rings is 1. The second-order valence-electron chi connectivity index (χ2n) is 5.21. The maximum atomic E-state index is 12.6. The third kappa shape index (κ3) is 3.98. The molecule has 0 bridgehead atoms. The van der Waals surface area contributed by atoms with Gasteiger partial charge in [-0.1, -0.05) is 12.7 Å². The van der Waals surface area contributed by atoms with Crippen LogP contribution in [0.2, 0.25) is 0 Å². The van der Waals surface area contributed by atoms with Crippen molar-refractivity contribution in [2.24, 2.45) is 0 Å². The molecule has 0 aliphatic carbocycles. The zero-order chi connectivity index (χ0) is 17.5. The van der Waals surface area contributed by atoms with Gasteiger partial charge < -0.3 is 24.0 Å². The van der Waals surface area contributed by atoms with Crippen molar-refractivity contribution < 1.29 is 23.8 Å². The standard InChI is InChI=1S/C17H22N2O5/c1-4-11-24-17(21)19-9-7-18(8-10-19)16(20)13-5-6-14(22-2)15(12-13)23-3/h4-6,12H,1,7-11H2,2-3H3. The zero-order valence-corrected chi connectivity index (χ0v) is 14.0. The molecule has 2 amide bonds. The molecule has 24 heavy (non-hydrogen) atoms. The first-order valence-electron chi connectivity index (χ1n) is 7.64. The Morgan fingerprint density at radius 1 is 1.08 bits per heavy atom. The summed E-state index contributed by atoms with van der Waals surface area (Å²) in [5.41, 5.74) is 0.523. The maximum Gasteiger partial charge on any atom is 0.410 e. The van der Waals surface area contributed by atoms with Crippen LogP contribution in [0.4, 0.5) is 4.79 Å². The fourth-order valence-electron chi connectivity index (χ4n) is 2.47. The van der Waals surface area contributed by atoms with E-state index in [9.17, 15) is 9.59 Å². The van der Waals surface area contributed by atoms with E-state index >= 15 is 0 Å². The van der Waals surface area contributed by atoms with Crippen LogP contribution in [0.25, 0.3) is 0 Å². The van der Waals surface area contributed by atoms with Gasteiger partial charge in [-0.2, -0.15) is 0 Å². The third-order valence-corrected chi connectivity index (χ3v) is 3.78. The lowest BCUT2D eigenvalue weighted by molar-refractivity contribution is 0.0580. The monoisotopic (exact) mass is 334 g/mol. The fourth-order valence-corrected chi connectivity index (χ4v) is 2.47. The maximum absolute atomic E-state index is 12.6. The number of hydrogen-bond donors (Lipinski definition) is 0. The number of amides is 2. The highest BCUT2D eigenvalue weighted by Gasteiger charge is 2.26. The molecule has 0 spiro atoms. The molecule has 7 nitrogen and oxygen atoms in total. The third-order valence-electron chi connectivity index (χ3n) is 3.78. The topological polar surface area (TPSA) is 68.3 Å². The molecule has 1 saturated heterocycles. The Morgan fingerprint density at radius 2 is 1.71 bits per heavy atom. The van der Waals surface area contributed by atoms with E-state index in [1.807, 2.05) is 0 Å². The second kappa shape index (κ2) is 8.24. The molecular formula is C17H22N2O5. The second-order valence-corrected chi connectivity index (χ2v) is 5.21. The summed E-state index contributed by atoms with van der Waals surface area (Å²) in [6, 6.07) is 5.06. The Labute approximate surface area is 141 Å². The molecule has 0 atom stereocenters. The van der Waals surface area contributed by atoms with E-state index in [1.54, 1.807) is 35.1 Å². The summed E-state index contributed by atoms with van der Waals surface area (Å²) < 4.78 is 15.4. The van der Waals surface area contributed by atoms with E-state index in [0.717, 1.165) is 0 Å². The van der Waals surface area contributed by atoms with Crippen molar-refractivity contribution in [1.29, 1.82) is 0 Å². The van der Waals surface area contributed by atoms with Crippen LogP contribution in [0.15, 0.2) is 30.9 Å². The number of ether oxygens (including phenoxy) is 3. The number of nitrogens with zero attached hydrogens (tertiary/aromatic N) is 2. The highest BCUT2D eigenvalue weighted by Crippen LogP contribution is 2.28. The van der Waals surface area contributed by atoms with Crippen molar-refractivity contribution in [3.63, 3.8) is 0 Å². The zero-order valence-electron chi connectivity index (χ0n) is 14.0. The van der Waals surface area contributed by atoms with Gasteiger partial charge in [0, 0.05) is 31.7 Å². The van der Waals surface area contributed by atoms with E-state index in [2.05, 4.69) is 6.58 Å². The molecule has 1 aromatic rings. The number of hydrogen-bond acceptors (Lipinski definition) is 5. The number of rotatable bonds is 5. The molecule has 1 heterocycles. The van der Waals surface area contributed by atoms with Crippen LogP contribution >= 0.6 is 0 Å². The quantitative estimate of drug-likeness (QED) is 0.768. The molecule has 0 aromatic heterocycles. The predicted octanol–water partition coefficient (Wildman–Crippen LogP) is 1.78. The molecule has 0 radical (unpaired) electrons. The van der Waals surface area contributed by atoms with E-state index in [4.69, 9.17) is 14.2 Å². The number of methoxy groups -OCH3 is 2. The Hall–Kier alpha value is -2.70. The highest BCUT2D eigenvalue weighted by atomic mass is 16.6.